The number of hydrogen-bond donors (Lipinski definition) is 2. The molecule has 1 aromatic heterocycles. The first-order chi connectivity index (χ1) is 14.0. The Morgan fingerprint density at radius 1 is 1.40 bits per heavy atom. The molecule has 1 unspecified atom stereocenters. The molecule has 6 nitrogen and oxygen atoms in total. The summed E-state index contributed by atoms with van der Waals surface area (Å²) in [5.74, 6) is 0.824. The van der Waals surface area contributed by atoms with Crippen molar-refractivity contribution in [1.82, 2.24) is 9.55 Å². The molecular weight excluding hydrogens is 415 g/mol. The van der Waals surface area contributed by atoms with Crippen LogP contribution in [0.4, 0.5) is 19.0 Å². The van der Waals surface area contributed by atoms with E-state index in [1.165, 1.54) is 0 Å². The van der Waals surface area contributed by atoms with Crippen LogP contribution in [0, 0.1) is 16.1 Å². The summed E-state index contributed by atoms with van der Waals surface area (Å²) in [7, 11) is -1.51. The third-order valence-corrected chi connectivity index (χ3v) is 7.61. The van der Waals surface area contributed by atoms with E-state index in [2.05, 4.69) is 16.4 Å². The van der Waals surface area contributed by atoms with Crippen LogP contribution in [0.15, 0.2) is 28.7 Å². The van der Waals surface area contributed by atoms with Gasteiger partial charge in [0, 0.05) is 24.9 Å². The number of nitrogens with one attached hydrogen (secondary N) is 2. The largest absolute Gasteiger partial charge is 0.414 e. The van der Waals surface area contributed by atoms with Crippen LogP contribution in [0.25, 0.3) is 17.5 Å². The summed E-state index contributed by atoms with van der Waals surface area (Å²) in [6.07, 6.45) is -2.03. The van der Waals surface area contributed by atoms with E-state index >= 15 is 0 Å². The Labute approximate surface area is 172 Å². The first-order valence-electron chi connectivity index (χ1n) is 9.43. The number of hydrogen-bond acceptors (Lipinski definition) is 5. The van der Waals surface area contributed by atoms with Crippen LogP contribution in [0.5, 0.6) is 0 Å². The van der Waals surface area contributed by atoms with E-state index in [0.717, 1.165) is 6.08 Å². The number of rotatable bonds is 4. The Morgan fingerprint density at radius 2 is 2.10 bits per heavy atom. The third kappa shape index (κ3) is 3.17. The van der Waals surface area contributed by atoms with Crippen LogP contribution >= 0.6 is 0 Å². The molecule has 1 atom stereocenters. The Morgan fingerprint density at radius 3 is 2.67 bits per heavy atom. The van der Waals surface area contributed by atoms with Gasteiger partial charge in [-0.2, -0.15) is 18.4 Å². The van der Waals surface area contributed by atoms with Gasteiger partial charge in [0.25, 0.3) is 0 Å². The van der Waals surface area contributed by atoms with Crippen molar-refractivity contribution in [3.05, 3.63) is 35.0 Å². The summed E-state index contributed by atoms with van der Waals surface area (Å²) in [4.78, 5) is 4.63. The van der Waals surface area contributed by atoms with Crippen LogP contribution in [0.2, 0.25) is 0 Å². The van der Waals surface area contributed by atoms with E-state index in [4.69, 9.17) is 4.78 Å². The van der Waals surface area contributed by atoms with Gasteiger partial charge in [-0.1, -0.05) is 13.0 Å². The maximum absolute atomic E-state index is 13.1. The maximum Gasteiger partial charge on any atom is 0.414 e. The molecule has 1 aliphatic carbocycles. The lowest BCUT2D eigenvalue weighted by Gasteiger charge is -2.18. The van der Waals surface area contributed by atoms with Crippen LogP contribution < -0.4 is 5.32 Å². The number of nitrogens with zero attached hydrogens (tertiary/aromatic N) is 3. The molecule has 2 aliphatic rings. The minimum absolute atomic E-state index is 0.0729. The second-order valence-electron chi connectivity index (χ2n) is 7.62. The first-order valence-corrected chi connectivity index (χ1v) is 11.2. The molecule has 2 heterocycles. The molecule has 1 fully saturated rings. The van der Waals surface area contributed by atoms with Crippen molar-refractivity contribution in [3.63, 3.8) is 0 Å². The van der Waals surface area contributed by atoms with Crippen LogP contribution in [0.1, 0.15) is 31.0 Å². The quantitative estimate of drug-likeness (QED) is 0.742. The molecule has 0 amide bonds. The summed E-state index contributed by atoms with van der Waals surface area (Å²) in [6.45, 7) is 1.28. The zero-order chi connectivity index (χ0) is 21.9. The molecule has 0 bridgehead atoms. The number of imidazole rings is 1. The number of anilines is 1. The minimum atomic E-state index is -4.46. The Hall–Kier alpha value is -2.80. The van der Waals surface area contributed by atoms with Gasteiger partial charge in [-0.05, 0) is 36.6 Å². The molecule has 1 aliphatic heterocycles. The van der Waals surface area contributed by atoms with Crippen LogP contribution in [-0.2, 0) is 22.2 Å². The normalized spacial score (nSPS) is 19.1. The van der Waals surface area contributed by atoms with Gasteiger partial charge in [0.2, 0.25) is 0 Å². The van der Waals surface area contributed by atoms with E-state index in [9.17, 15) is 22.6 Å². The predicted molar refractivity (Wildman–Crippen MR) is 107 cm³/mol. The standard InChI is InChI=1S/C20H20F3N5OS/c1-3-30(25,29)16-9-12(19(11-24)6-7-19)4-5-14(16)17-27-15-8-13(20(21,22)23)10-26-18(15)28(17)2/h4-5,8-9,25-26H,3,6-7,10H2,1-2H3. The zero-order valence-electron chi connectivity index (χ0n) is 16.4. The van der Waals surface area contributed by atoms with E-state index < -0.39 is 26.9 Å². The monoisotopic (exact) mass is 435 g/mol. The summed E-state index contributed by atoms with van der Waals surface area (Å²) >= 11 is 0. The van der Waals surface area contributed by atoms with Crippen molar-refractivity contribution in [2.24, 2.45) is 7.05 Å². The maximum atomic E-state index is 13.1. The molecule has 0 saturated heterocycles. The topological polar surface area (TPSA) is 94.6 Å². The van der Waals surface area contributed by atoms with E-state index in [-0.39, 0.29) is 22.9 Å². The molecule has 2 aromatic rings. The second-order valence-corrected chi connectivity index (χ2v) is 9.99. The summed E-state index contributed by atoms with van der Waals surface area (Å²) in [6, 6.07) is 7.37. The van der Waals surface area contributed by atoms with Gasteiger partial charge in [-0.3, -0.25) is 0 Å². The van der Waals surface area contributed by atoms with Gasteiger partial charge in [-0.15, -0.1) is 0 Å². The minimum Gasteiger partial charge on any atom is -0.366 e. The number of benzene rings is 1. The Kier molecular flexibility index (Phi) is 4.51. The average Bonchev–Trinajstić information content (AvgIpc) is 3.45. The summed E-state index contributed by atoms with van der Waals surface area (Å²) in [5.41, 5.74) is -0.0467. The van der Waals surface area contributed by atoms with Crippen molar-refractivity contribution in [1.29, 1.82) is 10.0 Å². The number of halogens is 3. The van der Waals surface area contributed by atoms with Crippen molar-refractivity contribution >= 4 is 21.6 Å². The first kappa shape index (κ1) is 20.5. The lowest BCUT2D eigenvalue weighted by molar-refractivity contribution is -0.0909. The fourth-order valence-corrected chi connectivity index (χ4v) is 4.81. The Balaban J connectivity index is 1.89. The van der Waals surface area contributed by atoms with Crippen molar-refractivity contribution in [3.8, 4) is 17.5 Å². The predicted octanol–water partition coefficient (Wildman–Crippen LogP) is 4.44. The average molecular weight is 435 g/mol. The SMILES string of the molecule is CCS(=N)(=O)c1cc(C2(C#N)CC2)ccc1-c1nc2c(n1C)NCC(C(F)(F)F)=C2. The molecule has 1 saturated carbocycles. The molecule has 1 aromatic carbocycles. The van der Waals surface area contributed by atoms with Gasteiger partial charge < -0.3 is 9.88 Å². The number of nitriles is 1. The molecule has 10 heteroatoms. The molecular formula is C20H20F3N5OS. The molecule has 30 heavy (non-hydrogen) atoms. The van der Waals surface area contributed by atoms with Gasteiger partial charge in [0.15, 0.2) is 0 Å². The van der Waals surface area contributed by atoms with Gasteiger partial charge in [0.1, 0.15) is 17.3 Å². The smallest absolute Gasteiger partial charge is 0.366 e. The highest BCUT2D eigenvalue weighted by Crippen LogP contribution is 2.49. The number of alkyl halides is 3. The molecule has 2 N–H and O–H groups in total. The highest BCUT2D eigenvalue weighted by molar-refractivity contribution is 7.92. The fraction of sp³-hybridized carbons (Fsp3) is 0.400. The van der Waals surface area contributed by atoms with Crippen LogP contribution in [0.3, 0.4) is 0 Å². The van der Waals surface area contributed by atoms with Crippen molar-refractivity contribution in [2.45, 2.75) is 36.3 Å². The van der Waals surface area contributed by atoms with Crippen molar-refractivity contribution in [2.75, 3.05) is 17.6 Å². The summed E-state index contributed by atoms with van der Waals surface area (Å²) < 4.78 is 62.3. The second kappa shape index (κ2) is 6.60. The van der Waals surface area contributed by atoms with E-state index in [1.54, 1.807) is 36.7 Å². The highest BCUT2D eigenvalue weighted by Gasteiger charge is 2.45. The number of aromatic nitrogens is 2. The molecule has 0 spiro atoms. The summed E-state index contributed by atoms with van der Waals surface area (Å²) in [5, 5.41) is 12.3. The number of fused-ring (bicyclic) bond motifs is 1. The molecule has 158 valence electrons. The lowest BCUT2D eigenvalue weighted by atomic mass is 9.96. The third-order valence-electron chi connectivity index (χ3n) is 5.74. The van der Waals surface area contributed by atoms with Gasteiger partial charge in [-0.25, -0.2) is 14.0 Å². The molecule has 0 radical (unpaired) electrons. The fourth-order valence-electron chi connectivity index (χ4n) is 3.67. The lowest BCUT2D eigenvalue weighted by Crippen LogP contribution is -2.23. The van der Waals surface area contributed by atoms with Gasteiger partial charge >= 0.3 is 6.18 Å². The van der Waals surface area contributed by atoms with E-state index in [0.29, 0.717) is 35.6 Å². The Bertz CT molecular complexity index is 1210. The van der Waals surface area contributed by atoms with Crippen molar-refractivity contribution < 1.29 is 17.4 Å². The van der Waals surface area contributed by atoms with Gasteiger partial charge in [0.05, 0.1) is 31.7 Å². The highest BCUT2D eigenvalue weighted by atomic mass is 32.2. The molecule has 4 rings (SSSR count). The van der Waals surface area contributed by atoms with Crippen LogP contribution in [-0.4, -0.2) is 32.2 Å². The van der Waals surface area contributed by atoms with E-state index in [1.807, 2.05) is 0 Å². The zero-order valence-corrected chi connectivity index (χ0v) is 17.2.